The van der Waals surface area contributed by atoms with Crippen molar-refractivity contribution in [2.75, 3.05) is 0 Å². The molecule has 128 valence electrons. The Hall–Kier alpha value is -0.740. The lowest BCUT2D eigenvalue weighted by atomic mass is 9.45. The maximum atomic E-state index is 12.8. The van der Waals surface area contributed by atoms with Crippen LogP contribution in [0.15, 0.2) is 0 Å². The number of carbonyl (C=O) groups is 2. The molecule has 4 nitrogen and oxygen atoms in total. The molecule has 0 spiro atoms. The summed E-state index contributed by atoms with van der Waals surface area (Å²) in [6.45, 7) is 4.29. The third kappa shape index (κ3) is 1.97. The molecule has 23 heavy (non-hydrogen) atoms. The van der Waals surface area contributed by atoms with Crippen molar-refractivity contribution in [2.24, 2.45) is 34.5 Å². The van der Waals surface area contributed by atoms with Crippen molar-refractivity contribution in [2.45, 2.75) is 71.0 Å². The average molecular weight is 320 g/mol. The highest BCUT2D eigenvalue weighted by molar-refractivity contribution is 5.87. The van der Waals surface area contributed by atoms with E-state index in [9.17, 15) is 19.8 Å². The van der Waals surface area contributed by atoms with Gasteiger partial charge in [-0.05, 0) is 55.3 Å². The van der Waals surface area contributed by atoms with Gasteiger partial charge in [-0.25, -0.2) is 0 Å². The highest BCUT2D eigenvalue weighted by Gasteiger charge is 2.63. The van der Waals surface area contributed by atoms with Gasteiger partial charge in [-0.2, -0.15) is 0 Å². The van der Waals surface area contributed by atoms with Crippen molar-refractivity contribution < 1.29 is 19.8 Å². The van der Waals surface area contributed by atoms with Crippen LogP contribution in [0.2, 0.25) is 0 Å². The molecule has 0 aromatic rings. The summed E-state index contributed by atoms with van der Waals surface area (Å²) in [4.78, 5) is 25.0. The fraction of sp³-hybridized carbons (Fsp3) is 0.895. The second kappa shape index (κ2) is 4.89. The van der Waals surface area contributed by atoms with Gasteiger partial charge in [-0.1, -0.05) is 13.8 Å². The molecule has 2 N–H and O–H groups in total. The summed E-state index contributed by atoms with van der Waals surface area (Å²) in [7, 11) is 0. The molecule has 4 saturated carbocycles. The zero-order chi connectivity index (χ0) is 16.6. The van der Waals surface area contributed by atoms with Crippen molar-refractivity contribution >= 4 is 11.6 Å². The van der Waals surface area contributed by atoms with E-state index < -0.39 is 6.10 Å². The Morgan fingerprint density at radius 2 is 1.61 bits per heavy atom. The standard InChI is InChI=1S/C19H28O4/c1-18-5-3-10(20)7-14(18)15(21)8-11-12(18)4-6-19(2)13(11)9-16(22)17(19)23/h10-14,17,20,23H,3-9H2,1-2H3/t10-,11-,12+,13+,14-,17+,18-,19+/m0/s1. The molecule has 4 rings (SSSR count). The number of rotatable bonds is 0. The third-order valence-electron chi connectivity index (χ3n) is 8.22. The maximum absolute atomic E-state index is 12.8. The van der Waals surface area contributed by atoms with E-state index in [-0.39, 0.29) is 46.3 Å². The van der Waals surface area contributed by atoms with Gasteiger partial charge in [0.25, 0.3) is 0 Å². The smallest absolute Gasteiger partial charge is 0.162 e. The zero-order valence-electron chi connectivity index (χ0n) is 14.1. The molecule has 4 aliphatic carbocycles. The first-order chi connectivity index (χ1) is 10.8. The molecule has 4 heteroatoms. The van der Waals surface area contributed by atoms with Crippen LogP contribution in [0.4, 0.5) is 0 Å². The minimum Gasteiger partial charge on any atom is -0.393 e. The normalized spacial score (nSPS) is 56.0. The van der Waals surface area contributed by atoms with Crippen molar-refractivity contribution in [3.8, 4) is 0 Å². The van der Waals surface area contributed by atoms with E-state index in [0.717, 1.165) is 25.7 Å². The van der Waals surface area contributed by atoms with Gasteiger partial charge in [0.05, 0.1) is 6.10 Å². The molecule has 0 aromatic carbocycles. The molecule has 0 saturated heterocycles. The minimum absolute atomic E-state index is 0.0149. The molecule has 0 radical (unpaired) electrons. The van der Waals surface area contributed by atoms with Crippen molar-refractivity contribution in [1.29, 1.82) is 0 Å². The Balaban J connectivity index is 1.70. The molecule has 0 heterocycles. The maximum Gasteiger partial charge on any atom is 0.162 e. The fourth-order valence-corrected chi connectivity index (χ4v) is 6.79. The summed E-state index contributed by atoms with van der Waals surface area (Å²) < 4.78 is 0. The number of fused-ring (bicyclic) bond motifs is 5. The Bertz CT molecular complexity index is 558. The summed E-state index contributed by atoms with van der Waals surface area (Å²) in [5, 5.41) is 20.4. The summed E-state index contributed by atoms with van der Waals surface area (Å²) in [5.74, 6) is 1.08. The second-order valence-electron chi connectivity index (χ2n) is 9.15. The summed E-state index contributed by atoms with van der Waals surface area (Å²) in [5.41, 5.74) is -0.368. The number of aliphatic hydroxyl groups is 2. The van der Waals surface area contributed by atoms with Gasteiger partial charge in [0.15, 0.2) is 5.78 Å². The molecule has 0 amide bonds. The van der Waals surface area contributed by atoms with Crippen LogP contribution < -0.4 is 0 Å². The highest BCUT2D eigenvalue weighted by Crippen LogP contribution is 2.64. The lowest BCUT2D eigenvalue weighted by molar-refractivity contribution is -0.161. The van der Waals surface area contributed by atoms with Crippen molar-refractivity contribution in [1.82, 2.24) is 0 Å². The summed E-state index contributed by atoms with van der Waals surface area (Å²) >= 11 is 0. The van der Waals surface area contributed by atoms with E-state index in [2.05, 4.69) is 6.92 Å². The van der Waals surface area contributed by atoms with Gasteiger partial charge < -0.3 is 10.2 Å². The number of aliphatic hydroxyl groups excluding tert-OH is 2. The average Bonchev–Trinajstić information content (AvgIpc) is 2.73. The van der Waals surface area contributed by atoms with E-state index >= 15 is 0 Å². The van der Waals surface area contributed by atoms with Crippen LogP contribution in [0, 0.1) is 34.5 Å². The SMILES string of the molecule is C[C@@]12CC[C@@H]3[C@H](CC(=O)[C@@H]4C[C@@H](O)CC[C@@]34C)[C@H]1CC(=O)[C@H]2O. The van der Waals surface area contributed by atoms with E-state index in [0.29, 0.717) is 25.2 Å². The molecule has 0 aliphatic heterocycles. The number of ketones is 2. The first-order valence-corrected chi connectivity index (χ1v) is 9.19. The van der Waals surface area contributed by atoms with E-state index in [1.165, 1.54) is 0 Å². The second-order valence-corrected chi connectivity index (χ2v) is 9.15. The van der Waals surface area contributed by atoms with Crippen LogP contribution in [-0.4, -0.2) is 34.0 Å². The lowest BCUT2D eigenvalue weighted by Gasteiger charge is -2.59. The first kappa shape index (κ1) is 15.8. The van der Waals surface area contributed by atoms with Gasteiger partial charge in [-0.3, -0.25) is 9.59 Å². The van der Waals surface area contributed by atoms with Crippen molar-refractivity contribution in [3.05, 3.63) is 0 Å². The molecular weight excluding hydrogens is 292 g/mol. The van der Waals surface area contributed by atoms with E-state index in [4.69, 9.17) is 0 Å². The van der Waals surface area contributed by atoms with Crippen LogP contribution in [0.25, 0.3) is 0 Å². The van der Waals surface area contributed by atoms with Gasteiger partial charge >= 0.3 is 0 Å². The Morgan fingerprint density at radius 3 is 2.35 bits per heavy atom. The molecular formula is C19H28O4. The van der Waals surface area contributed by atoms with Crippen LogP contribution in [0.5, 0.6) is 0 Å². The fourth-order valence-electron chi connectivity index (χ4n) is 6.79. The van der Waals surface area contributed by atoms with E-state index in [1.54, 1.807) is 0 Å². The minimum atomic E-state index is -0.845. The molecule has 8 atom stereocenters. The van der Waals surface area contributed by atoms with Crippen molar-refractivity contribution in [3.63, 3.8) is 0 Å². The molecule has 4 fully saturated rings. The Kier molecular flexibility index (Phi) is 3.35. The number of carbonyl (C=O) groups excluding carboxylic acids is 2. The van der Waals surface area contributed by atoms with Gasteiger partial charge in [-0.15, -0.1) is 0 Å². The summed E-state index contributed by atoms with van der Waals surface area (Å²) in [6.07, 6.45) is 3.98. The molecule has 0 unspecified atom stereocenters. The Labute approximate surface area is 137 Å². The number of Topliss-reactive ketones (excluding diaryl/α,β-unsaturated/α-hetero) is 2. The topological polar surface area (TPSA) is 74.6 Å². The molecule has 4 aliphatic rings. The largest absolute Gasteiger partial charge is 0.393 e. The van der Waals surface area contributed by atoms with Crippen LogP contribution in [0.3, 0.4) is 0 Å². The highest BCUT2D eigenvalue weighted by atomic mass is 16.3. The first-order valence-electron chi connectivity index (χ1n) is 9.19. The monoisotopic (exact) mass is 320 g/mol. The van der Waals surface area contributed by atoms with Gasteiger partial charge in [0.1, 0.15) is 11.9 Å². The third-order valence-corrected chi connectivity index (χ3v) is 8.22. The lowest BCUT2D eigenvalue weighted by Crippen LogP contribution is -2.57. The van der Waals surface area contributed by atoms with Crippen LogP contribution in [-0.2, 0) is 9.59 Å². The number of hydrogen-bond donors (Lipinski definition) is 2. The van der Waals surface area contributed by atoms with Gasteiger partial charge in [0, 0.05) is 24.2 Å². The number of hydrogen-bond acceptors (Lipinski definition) is 4. The molecule has 0 bridgehead atoms. The molecule has 0 aromatic heterocycles. The quantitative estimate of drug-likeness (QED) is 0.717. The van der Waals surface area contributed by atoms with Crippen LogP contribution >= 0.6 is 0 Å². The summed E-state index contributed by atoms with van der Waals surface area (Å²) in [6, 6.07) is 0. The predicted molar refractivity (Wildman–Crippen MR) is 84.5 cm³/mol. The van der Waals surface area contributed by atoms with Crippen LogP contribution in [0.1, 0.15) is 58.8 Å². The predicted octanol–water partition coefficient (Wildman–Crippen LogP) is 2.11. The van der Waals surface area contributed by atoms with E-state index in [1.807, 2.05) is 6.92 Å². The van der Waals surface area contributed by atoms with Gasteiger partial charge in [0.2, 0.25) is 0 Å². The Morgan fingerprint density at radius 1 is 0.913 bits per heavy atom. The zero-order valence-corrected chi connectivity index (χ0v) is 14.1.